The van der Waals surface area contributed by atoms with Crippen molar-refractivity contribution in [3.8, 4) is 0 Å². The molecule has 0 aliphatic rings. The van der Waals surface area contributed by atoms with Crippen LogP contribution in [0.1, 0.15) is 42.6 Å². The minimum Gasteiger partial charge on any atom is -0.480 e. The summed E-state index contributed by atoms with van der Waals surface area (Å²) in [6, 6.07) is 6.17. The summed E-state index contributed by atoms with van der Waals surface area (Å²) in [4.78, 5) is 34.6. The average Bonchev–Trinajstić information content (AvgIpc) is 2.51. The number of carbonyl (C=O) groups excluding carboxylic acids is 2. The summed E-state index contributed by atoms with van der Waals surface area (Å²) in [5, 5.41) is 14.2. The normalized spacial score (nSPS) is 11.8. The lowest BCUT2D eigenvalue weighted by Crippen LogP contribution is -2.41. The van der Waals surface area contributed by atoms with Crippen LogP contribution < -0.4 is 10.6 Å². The van der Waals surface area contributed by atoms with Crippen molar-refractivity contribution in [3.05, 3.63) is 35.4 Å². The number of hydrogen-bond acceptors (Lipinski definition) is 3. The molecule has 1 rings (SSSR count). The van der Waals surface area contributed by atoms with Crippen LogP contribution in [0.4, 0.5) is 0 Å². The molecule has 126 valence electrons. The molecule has 2 amide bonds. The van der Waals surface area contributed by atoms with E-state index in [-0.39, 0.29) is 24.2 Å². The number of rotatable bonds is 8. The van der Waals surface area contributed by atoms with E-state index >= 15 is 0 Å². The molecule has 0 aliphatic carbocycles. The molecule has 1 aromatic carbocycles. The van der Waals surface area contributed by atoms with Crippen molar-refractivity contribution in [1.82, 2.24) is 10.6 Å². The fraction of sp³-hybridized carbons (Fsp3) is 0.471. The second-order valence-electron chi connectivity index (χ2n) is 5.87. The Kier molecular flexibility index (Phi) is 7.25. The van der Waals surface area contributed by atoms with Crippen LogP contribution in [-0.2, 0) is 16.0 Å². The third-order valence-electron chi connectivity index (χ3n) is 3.40. The first kappa shape index (κ1) is 18.7. The molecule has 0 aliphatic heterocycles. The predicted molar refractivity (Wildman–Crippen MR) is 87.2 cm³/mol. The van der Waals surface area contributed by atoms with Crippen molar-refractivity contribution < 1.29 is 19.5 Å². The Hall–Kier alpha value is -2.37. The van der Waals surface area contributed by atoms with Gasteiger partial charge in [0.05, 0.1) is 0 Å². The quantitative estimate of drug-likeness (QED) is 0.678. The number of carbonyl (C=O) groups is 3. The molecule has 0 saturated carbocycles. The van der Waals surface area contributed by atoms with Gasteiger partial charge in [-0.25, -0.2) is 4.79 Å². The van der Waals surface area contributed by atoms with E-state index in [1.807, 2.05) is 19.9 Å². The van der Waals surface area contributed by atoms with Gasteiger partial charge in [0.2, 0.25) is 5.91 Å². The van der Waals surface area contributed by atoms with Crippen LogP contribution in [0.5, 0.6) is 0 Å². The molecule has 0 radical (unpaired) electrons. The summed E-state index contributed by atoms with van der Waals surface area (Å²) in [6.45, 7) is 3.82. The van der Waals surface area contributed by atoms with Crippen molar-refractivity contribution in [1.29, 1.82) is 0 Å². The highest BCUT2D eigenvalue weighted by Gasteiger charge is 2.20. The molecule has 0 saturated heterocycles. The van der Waals surface area contributed by atoms with Crippen molar-refractivity contribution >= 4 is 17.8 Å². The number of benzene rings is 1. The Morgan fingerprint density at radius 1 is 1.22 bits per heavy atom. The largest absolute Gasteiger partial charge is 0.480 e. The van der Waals surface area contributed by atoms with Gasteiger partial charge in [-0.2, -0.15) is 0 Å². The molecule has 0 bridgehead atoms. The van der Waals surface area contributed by atoms with E-state index in [1.54, 1.807) is 25.2 Å². The van der Waals surface area contributed by atoms with Gasteiger partial charge in [-0.15, -0.1) is 0 Å². The molecule has 0 heterocycles. The summed E-state index contributed by atoms with van der Waals surface area (Å²) in [5.41, 5.74) is 1.39. The number of amides is 2. The number of carboxylic acids is 1. The van der Waals surface area contributed by atoms with Gasteiger partial charge in [0.25, 0.3) is 5.91 Å². The molecule has 3 N–H and O–H groups in total. The number of aliphatic carboxylic acids is 1. The Bertz CT molecular complexity index is 569. The van der Waals surface area contributed by atoms with Gasteiger partial charge in [0.15, 0.2) is 0 Å². The second kappa shape index (κ2) is 8.92. The van der Waals surface area contributed by atoms with Crippen molar-refractivity contribution in [2.45, 2.75) is 39.2 Å². The maximum Gasteiger partial charge on any atom is 0.326 e. The highest BCUT2D eigenvalue weighted by molar-refractivity contribution is 5.94. The van der Waals surface area contributed by atoms with Crippen LogP contribution in [0.15, 0.2) is 24.3 Å². The van der Waals surface area contributed by atoms with E-state index in [0.29, 0.717) is 18.4 Å². The van der Waals surface area contributed by atoms with E-state index in [9.17, 15) is 14.4 Å². The summed E-state index contributed by atoms with van der Waals surface area (Å²) in [5.74, 6) is -1.32. The zero-order valence-corrected chi connectivity index (χ0v) is 13.8. The third kappa shape index (κ3) is 6.50. The summed E-state index contributed by atoms with van der Waals surface area (Å²) >= 11 is 0. The van der Waals surface area contributed by atoms with Crippen LogP contribution in [0, 0.1) is 5.92 Å². The van der Waals surface area contributed by atoms with Crippen molar-refractivity contribution in [2.75, 3.05) is 7.05 Å². The van der Waals surface area contributed by atoms with E-state index in [0.717, 1.165) is 5.56 Å². The Morgan fingerprint density at radius 3 is 2.48 bits per heavy atom. The maximum absolute atomic E-state index is 11.9. The summed E-state index contributed by atoms with van der Waals surface area (Å²) in [7, 11) is 1.56. The van der Waals surface area contributed by atoms with Gasteiger partial charge in [-0.3, -0.25) is 9.59 Å². The molecule has 1 atom stereocenters. The highest BCUT2D eigenvalue weighted by atomic mass is 16.4. The SMILES string of the molecule is CNC(=O)c1cccc(CCC(=O)N[C@@H](CC(C)C)C(=O)O)c1. The molecule has 6 heteroatoms. The number of carboxylic acid groups (broad SMARTS) is 1. The molecular formula is C17H24N2O4. The predicted octanol–water partition coefficient (Wildman–Crippen LogP) is 1.59. The van der Waals surface area contributed by atoms with E-state index < -0.39 is 12.0 Å². The molecule has 0 spiro atoms. The van der Waals surface area contributed by atoms with Gasteiger partial charge in [0.1, 0.15) is 6.04 Å². The van der Waals surface area contributed by atoms with Gasteiger partial charge in [-0.1, -0.05) is 26.0 Å². The number of nitrogens with one attached hydrogen (secondary N) is 2. The van der Waals surface area contributed by atoms with Crippen molar-refractivity contribution in [3.63, 3.8) is 0 Å². The first-order valence-electron chi connectivity index (χ1n) is 7.66. The standard InChI is InChI=1S/C17H24N2O4/c1-11(2)9-14(17(22)23)19-15(20)8-7-12-5-4-6-13(10-12)16(21)18-3/h4-6,10-11,14H,7-9H2,1-3H3,(H,18,21)(H,19,20)(H,22,23)/t14-/m0/s1. The minimum absolute atomic E-state index is 0.180. The smallest absolute Gasteiger partial charge is 0.326 e. The van der Waals surface area contributed by atoms with Crippen LogP contribution in [0.2, 0.25) is 0 Å². The first-order valence-corrected chi connectivity index (χ1v) is 7.66. The van der Waals surface area contributed by atoms with Crippen LogP contribution in [0.3, 0.4) is 0 Å². The fourth-order valence-corrected chi connectivity index (χ4v) is 2.23. The Labute approximate surface area is 136 Å². The van der Waals surface area contributed by atoms with Gasteiger partial charge in [-0.05, 0) is 36.5 Å². The van der Waals surface area contributed by atoms with E-state index in [2.05, 4.69) is 10.6 Å². The zero-order chi connectivity index (χ0) is 17.4. The van der Waals surface area contributed by atoms with Gasteiger partial charge in [0, 0.05) is 19.0 Å². The van der Waals surface area contributed by atoms with Crippen LogP contribution in [0.25, 0.3) is 0 Å². The molecule has 0 unspecified atom stereocenters. The third-order valence-corrected chi connectivity index (χ3v) is 3.40. The molecular weight excluding hydrogens is 296 g/mol. The topological polar surface area (TPSA) is 95.5 Å². The van der Waals surface area contributed by atoms with E-state index in [4.69, 9.17) is 5.11 Å². The lowest BCUT2D eigenvalue weighted by molar-refractivity contribution is -0.142. The van der Waals surface area contributed by atoms with Crippen molar-refractivity contribution in [2.24, 2.45) is 5.92 Å². The van der Waals surface area contributed by atoms with Gasteiger partial charge < -0.3 is 15.7 Å². The summed E-state index contributed by atoms with van der Waals surface area (Å²) < 4.78 is 0. The lowest BCUT2D eigenvalue weighted by Gasteiger charge is -2.16. The minimum atomic E-state index is -1.02. The molecule has 23 heavy (non-hydrogen) atoms. The maximum atomic E-state index is 11.9. The molecule has 6 nitrogen and oxygen atoms in total. The fourth-order valence-electron chi connectivity index (χ4n) is 2.23. The van der Waals surface area contributed by atoms with E-state index in [1.165, 1.54) is 0 Å². The molecule has 0 fully saturated rings. The average molecular weight is 320 g/mol. The monoisotopic (exact) mass is 320 g/mol. The number of hydrogen-bond donors (Lipinski definition) is 3. The first-order chi connectivity index (χ1) is 10.8. The lowest BCUT2D eigenvalue weighted by atomic mass is 10.0. The Balaban J connectivity index is 2.58. The summed E-state index contributed by atoms with van der Waals surface area (Å²) in [6.07, 6.45) is 1.02. The Morgan fingerprint density at radius 2 is 1.91 bits per heavy atom. The van der Waals surface area contributed by atoms with Crippen LogP contribution in [-0.4, -0.2) is 36.0 Å². The molecule has 1 aromatic rings. The van der Waals surface area contributed by atoms with Crippen LogP contribution >= 0.6 is 0 Å². The highest BCUT2D eigenvalue weighted by Crippen LogP contribution is 2.09. The second-order valence-corrected chi connectivity index (χ2v) is 5.87. The zero-order valence-electron chi connectivity index (χ0n) is 13.8. The number of aryl methyl sites for hydroxylation is 1. The molecule has 0 aromatic heterocycles. The van der Waals surface area contributed by atoms with Gasteiger partial charge >= 0.3 is 5.97 Å².